The Morgan fingerprint density at radius 1 is 0.372 bits per heavy atom. The van der Waals surface area contributed by atoms with E-state index in [4.69, 9.17) is 14.4 Å². The Kier molecular flexibility index (Phi) is 6.12. The summed E-state index contributed by atoms with van der Waals surface area (Å²) < 4.78 is 6.13. The molecular weight excluding hydrogens is 524 g/mol. The Balaban J connectivity index is 1.21. The lowest BCUT2D eigenvalue weighted by Gasteiger charge is -2.11. The second-order valence-electron chi connectivity index (χ2n) is 10.6. The van der Waals surface area contributed by atoms with Gasteiger partial charge in [-0.2, -0.15) is 0 Å². The van der Waals surface area contributed by atoms with Crippen LogP contribution in [0.4, 0.5) is 0 Å². The van der Waals surface area contributed by atoms with E-state index in [2.05, 4.69) is 115 Å². The zero-order chi connectivity index (χ0) is 28.6. The van der Waals surface area contributed by atoms with Crippen LogP contribution in [0.3, 0.4) is 0 Å². The number of para-hydroxylation sites is 1. The van der Waals surface area contributed by atoms with Gasteiger partial charge < -0.3 is 4.42 Å². The molecule has 2 aromatic heterocycles. The van der Waals surface area contributed by atoms with Crippen molar-refractivity contribution < 1.29 is 4.42 Å². The molecule has 2 heterocycles. The summed E-state index contributed by atoms with van der Waals surface area (Å²) in [4.78, 5) is 10.0. The van der Waals surface area contributed by atoms with Gasteiger partial charge in [-0.15, -0.1) is 0 Å². The molecule has 0 bridgehead atoms. The van der Waals surface area contributed by atoms with E-state index in [1.165, 1.54) is 11.1 Å². The first-order valence-corrected chi connectivity index (χ1v) is 14.4. The van der Waals surface area contributed by atoms with Gasteiger partial charge in [-0.3, -0.25) is 0 Å². The van der Waals surface area contributed by atoms with E-state index in [-0.39, 0.29) is 0 Å². The van der Waals surface area contributed by atoms with Crippen LogP contribution in [-0.2, 0) is 0 Å². The minimum atomic E-state index is 0.707. The number of hydrogen-bond acceptors (Lipinski definition) is 3. The lowest BCUT2D eigenvalue weighted by Crippen LogP contribution is -1.96. The molecule has 43 heavy (non-hydrogen) atoms. The van der Waals surface area contributed by atoms with E-state index in [9.17, 15) is 0 Å². The first-order valence-electron chi connectivity index (χ1n) is 14.4. The van der Waals surface area contributed by atoms with E-state index >= 15 is 0 Å². The van der Waals surface area contributed by atoms with Gasteiger partial charge in [0.15, 0.2) is 5.82 Å². The van der Waals surface area contributed by atoms with Crippen LogP contribution in [0.25, 0.3) is 78.1 Å². The van der Waals surface area contributed by atoms with Crippen LogP contribution in [-0.4, -0.2) is 9.97 Å². The second-order valence-corrected chi connectivity index (χ2v) is 10.6. The normalized spacial score (nSPS) is 11.3. The number of benzene rings is 6. The molecule has 0 aliphatic carbocycles. The summed E-state index contributed by atoms with van der Waals surface area (Å²) in [5, 5.41) is 2.27. The van der Waals surface area contributed by atoms with E-state index in [0.29, 0.717) is 5.82 Å². The average molecular weight is 551 g/mol. The first-order chi connectivity index (χ1) is 21.3. The highest BCUT2D eigenvalue weighted by Crippen LogP contribution is 2.37. The molecule has 0 saturated carbocycles. The zero-order valence-electron chi connectivity index (χ0n) is 23.3. The van der Waals surface area contributed by atoms with Crippen LogP contribution >= 0.6 is 0 Å². The molecule has 6 aromatic carbocycles. The van der Waals surface area contributed by atoms with E-state index in [0.717, 1.165) is 61.1 Å². The maximum Gasteiger partial charge on any atom is 0.160 e. The molecule has 0 saturated heterocycles. The van der Waals surface area contributed by atoms with Gasteiger partial charge in [-0.25, -0.2) is 9.97 Å². The van der Waals surface area contributed by atoms with Gasteiger partial charge in [-0.1, -0.05) is 140 Å². The third kappa shape index (κ3) is 4.67. The van der Waals surface area contributed by atoms with Gasteiger partial charge in [0, 0.05) is 27.5 Å². The Morgan fingerprint density at radius 2 is 0.884 bits per heavy atom. The van der Waals surface area contributed by atoms with Crippen LogP contribution in [0.2, 0.25) is 0 Å². The number of aromatic nitrogens is 2. The summed E-state index contributed by atoms with van der Waals surface area (Å²) in [6.45, 7) is 0. The van der Waals surface area contributed by atoms with Gasteiger partial charge in [0.25, 0.3) is 0 Å². The molecule has 0 unspecified atom stereocenters. The standard InChI is InChI=1S/C40H26N2O/c1-3-10-27(11-4-1)28-18-22-30(23-19-28)35-26-36(42-40(41-35)32-12-5-2-6-13-32)31-24-20-29(21-25-31)33-15-9-17-38-39(33)34-14-7-8-16-37(34)43-38/h1-26H. The molecule has 3 heteroatoms. The van der Waals surface area contributed by atoms with Crippen molar-refractivity contribution in [2.24, 2.45) is 0 Å². The van der Waals surface area contributed by atoms with Crippen LogP contribution in [0.1, 0.15) is 0 Å². The third-order valence-corrected chi connectivity index (χ3v) is 7.94. The van der Waals surface area contributed by atoms with Crippen molar-refractivity contribution in [3.05, 3.63) is 158 Å². The van der Waals surface area contributed by atoms with Crippen molar-refractivity contribution in [3.63, 3.8) is 0 Å². The number of rotatable bonds is 5. The largest absolute Gasteiger partial charge is 0.456 e. The highest BCUT2D eigenvalue weighted by atomic mass is 16.3. The molecular formula is C40H26N2O. The Morgan fingerprint density at radius 3 is 1.56 bits per heavy atom. The highest BCUT2D eigenvalue weighted by molar-refractivity contribution is 6.12. The van der Waals surface area contributed by atoms with Crippen LogP contribution < -0.4 is 0 Å². The molecule has 0 fully saturated rings. The smallest absolute Gasteiger partial charge is 0.160 e. The summed E-state index contributed by atoms with van der Waals surface area (Å²) in [5.74, 6) is 0.707. The quantitative estimate of drug-likeness (QED) is 0.214. The molecule has 8 aromatic rings. The predicted octanol–water partition coefficient (Wildman–Crippen LogP) is 10.7. The number of fused-ring (bicyclic) bond motifs is 3. The summed E-state index contributed by atoms with van der Waals surface area (Å²) >= 11 is 0. The van der Waals surface area contributed by atoms with Crippen LogP contribution in [0, 0.1) is 0 Å². The molecule has 3 nitrogen and oxygen atoms in total. The Hall–Kier alpha value is -5.80. The number of furan rings is 1. The van der Waals surface area contributed by atoms with Crippen LogP contribution in [0.15, 0.2) is 162 Å². The molecule has 0 amide bonds. The maximum atomic E-state index is 6.13. The van der Waals surface area contributed by atoms with Gasteiger partial charge in [-0.05, 0) is 40.5 Å². The molecule has 0 radical (unpaired) electrons. The van der Waals surface area contributed by atoms with Gasteiger partial charge in [0.05, 0.1) is 11.4 Å². The highest BCUT2D eigenvalue weighted by Gasteiger charge is 2.14. The van der Waals surface area contributed by atoms with Crippen molar-refractivity contribution >= 4 is 21.9 Å². The van der Waals surface area contributed by atoms with Crippen LogP contribution in [0.5, 0.6) is 0 Å². The molecule has 0 atom stereocenters. The topological polar surface area (TPSA) is 38.9 Å². The van der Waals surface area contributed by atoms with Crippen molar-refractivity contribution in [2.75, 3.05) is 0 Å². The van der Waals surface area contributed by atoms with E-state index < -0.39 is 0 Å². The Bertz CT molecular complexity index is 2200. The summed E-state index contributed by atoms with van der Waals surface area (Å²) in [7, 11) is 0. The first kappa shape index (κ1) is 25.0. The maximum absolute atomic E-state index is 6.13. The lowest BCUT2D eigenvalue weighted by atomic mass is 9.97. The molecule has 0 aliphatic heterocycles. The van der Waals surface area contributed by atoms with Crippen molar-refractivity contribution in [3.8, 4) is 56.2 Å². The Labute approximate surface area is 249 Å². The molecule has 0 aliphatic rings. The lowest BCUT2D eigenvalue weighted by molar-refractivity contribution is 0.669. The monoisotopic (exact) mass is 550 g/mol. The van der Waals surface area contributed by atoms with Crippen molar-refractivity contribution in [2.45, 2.75) is 0 Å². The predicted molar refractivity (Wildman–Crippen MR) is 176 cm³/mol. The molecule has 0 spiro atoms. The second kappa shape index (κ2) is 10.6. The SMILES string of the molecule is c1ccc(-c2ccc(-c3cc(-c4ccc(-c5cccc6oc7ccccc7c56)cc4)nc(-c4ccccc4)n3)cc2)cc1. The van der Waals surface area contributed by atoms with Crippen molar-refractivity contribution in [1.29, 1.82) is 0 Å². The molecule has 0 N–H and O–H groups in total. The minimum absolute atomic E-state index is 0.707. The fourth-order valence-electron chi connectivity index (χ4n) is 5.76. The fourth-order valence-corrected chi connectivity index (χ4v) is 5.76. The zero-order valence-corrected chi connectivity index (χ0v) is 23.3. The third-order valence-electron chi connectivity index (χ3n) is 7.94. The summed E-state index contributed by atoms with van der Waals surface area (Å²) in [6, 6.07) is 54.4. The van der Waals surface area contributed by atoms with Crippen molar-refractivity contribution in [1.82, 2.24) is 9.97 Å². The minimum Gasteiger partial charge on any atom is -0.456 e. The van der Waals surface area contributed by atoms with Gasteiger partial charge in [0.2, 0.25) is 0 Å². The van der Waals surface area contributed by atoms with E-state index in [1.807, 2.05) is 42.5 Å². The molecule has 202 valence electrons. The fraction of sp³-hybridized carbons (Fsp3) is 0. The number of hydrogen-bond donors (Lipinski definition) is 0. The van der Waals surface area contributed by atoms with Gasteiger partial charge >= 0.3 is 0 Å². The van der Waals surface area contributed by atoms with E-state index in [1.54, 1.807) is 0 Å². The van der Waals surface area contributed by atoms with Gasteiger partial charge in [0.1, 0.15) is 11.2 Å². The average Bonchev–Trinajstić information content (AvgIpc) is 3.48. The number of nitrogens with zero attached hydrogens (tertiary/aromatic N) is 2. The molecule has 8 rings (SSSR count). The summed E-state index contributed by atoms with van der Waals surface area (Å²) in [5.41, 5.74) is 11.3. The summed E-state index contributed by atoms with van der Waals surface area (Å²) in [6.07, 6.45) is 0.